The maximum Gasteiger partial charge on any atom is 0.238 e. The Morgan fingerprint density at radius 2 is 1.84 bits per heavy atom. The number of hydrogen-bond acceptors (Lipinski definition) is 2. The van der Waals surface area contributed by atoms with E-state index in [0.717, 1.165) is 18.6 Å². The van der Waals surface area contributed by atoms with Crippen LogP contribution in [0.4, 0.5) is 18.9 Å². The molecule has 0 heterocycles. The van der Waals surface area contributed by atoms with Gasteiger partial charge in [-0.05, 0) is 32.4 Å². The smallest absolute Gasteiger partial charge is 0.238 e. The molecule has 106 valence electrons. The predicted octanol–water partition coefficient (Wildman–Crippen LogP) is 2.82. The van der Waals surface area contributed by atoms with Crippen molar-refractivity contribution in [2.24, 2.45) is 0 Å². The van der Waals surface area contributed by atoms with E-state index in [1.165, 1.54) is 0 Å². The summed E-state index contributed by atoms with van der Waals surface area (Å²) in [5, 5.41) is 5.16. The minimum Gasteiger partial charge on any atom is -0.322 e. The van der Waals surface area contributed by atoms with E-state index in [2.05, 4.69) is 10.6 Å². The van der Waals surface area contributed by atoms with Gasteiger partial charge in [0.15, 0.2) is 17.5 Å². The first kappa shape index (κ1) is 15.5. The van der Waals surface area contributed by atoms with Gasteiger partial charge in [0.25, 0.3) is 0 Å². The molecule has 1 rings (SSSR count). The lowest BCUT2D eigenvalue weighted by atomic mass is 10.0. The van der Waals surface area contributed by atoms with Crippen LogP contribution in [0.1, 0.15) is 27.2 Å². The Kier molecular flexibility index (Phi) is 4.94. The zero-order valence-electron chi connectivity index (χ0n) is 11.1. The highest BCUT2D eigenvalue weighted by Gasteiger charge is 2.18. The summed E-state index contributed by atoms with van der Waals surface area (Å²) in [6.07, 6.45) is 0.805. The van der Waals surface area contributed by atoms with Crippen LogP contribution in [0.15, 0.2) is 12.1 Å². The van der Waals surface area contributed by atoms with Gasteiger partial charge >= 0.3 is 0 Å². The minimum atomic E-state index is -1.60. The number of amides is 1. The number of halogens is 3. The molecule has 19 heavy (non-hydrogen) atoms. The summed E-state index contributed by atoms with van der Waals surface area (Å²) in [6, 6.07) is 1.74. The Bertz CT molecular complexity index is 475. The van der Waals surface area contributed by atoms with Gasteiger partial charge in [0.2, 0.25) is 5.91 Å². The van der Waals surface area contributed by atoms with E-state index in [9.17, 15) is 18.0 Å². The molecule has 0 saturated heterocycles. The highest BCUT2D eigenvalue weighted by molar-refractivity contribution is 5.92. The van der Waals surface area contributed by atoms with Crippen molar-refractivity contribution < 1.29 is 18.0 Å². The van der Waals surface area contributed by atoms with Crippen molar-refractivity contribution in [2.75, 3.05) is 11.9 Å². The number of rotatable bonds is 5. The minimum absolute atomic E-state index is 0.0424. The topological polar surface area (TPSA) is 41.1 Å². The molecule has 1 aromatic carbocycles. The van der Waals surface area contributed by atoms with E-state index in [0.29, 0.717) is 0 Å². The quantitative estimate of drug-likeness (QED) is 0.811. The molecule has 0 fully saturated rings. The van der Waals surface area contributed by atoms with Gasteiger partial charge in [-0.25, -0.2) is 13.2 Å². The number of nitrogens with one attached hydrogen (secondary N) is 2. The molecule has 1 amide bonds. The molecule has 6 heteroatoms. The summed E-state index contributed by atoms with van der Waals surface area (Å²) in [5.41, 5.74) is -0.607. The standard InChI is InChI=1S/C13H17F3N2O/c1-4-13(2,3)17-7-10(19)18-9-6-5-8(14)11(15)12(9)16/h5-6,17H,4,7H2,1-3H3,(H,18,19). The van der Waals surface area contributed by atoms with Crippen molar-refractivity contribution in [1.82, 2.24) is 5.32 Å². The summed E-state index contributed by atoms with van der Waals surface area (Å²) in [7, 11) is 0. The van der Waals surface area contributed by atoms with Gasteiger partial charge in [-0.1, -0.05) is 6.92 Å². The molecule has 1 aromatic rings. The molecule has 0 radical (unpaired) electrons. The second-order valence-electron chi connectivity index (χ2n) is 4.86. The summed E-state index contributed by atoms with van der Waals surface area (Å²) in [4.78, 5) is 11.6. The van der Waals surface area contributed by atoms with Crippen LogP contribution in [0.5, 0.6) is 0 Å². The molecule has 0 saturated carbocycles. The predicted molar refractivity (Wildman–Crippen MR) is 67.3 cm³/mol. The Morgan fingerprint density at radius 1 is 1.21 bits per heavy atom. The van der Waals surface area contributed by atoms with Gasteiger partial charge in [-0.15, -0.1) is 0 Å². The van der Waals surface area contributed by atoms with Crippen LogP contribution in [-0.4, -0.2) is 18.0 Å². The van der Waals surface area contributed by atoms with E-state index >= 15 is 0 Å². The van der Waals surface area contributed by atoms with Crippen molar-refractivity contribution in [3.05, 3.63) is 29.6 Å². The summed E-state index contributed by atoms with van der Waals surface area (Å²) in [6.45, 7) is 5.75. The molecule has 0 aliphatic heterocycles. The van der Waals surface area contributed by atoms with E-state index < -0.39 is 23.4 Å². The van der Waals surface area contributed by atoms with Crippen LogP contribution in [0.2, 0.25) is 0 Å². The summed E-state index contributed by atoms with van der Waals surface area (Å²) >= 11 is 0. The van der Waals surface area contributed by atoms with Gasteiger partial charge in [0.1, 0.15) is 0 Å². The number of carbonyl (C=O) groups is 1. The fourth-order valence-electron chi connectivity index (χ4n) is 1.26. The first-order valence-corrected chi connectivity index (χ1v) is 5.95. The number of hydrogen-bond donors (Lipinski definition) is 2. The second-order valence-corrected chi connectivity index (χ2v) is 4.86. The average molecular weight is 274 g/mol. The van der Waals surface area contributed by atoms with E-state index in [1.807, 2.05) is 20.8 Å². The van der Waals surface area contributed by atoms with Crippen LogP contribution < -0.4 is 10.6 Å². The van der Waals surface area contributed by atoms with E-state index in [4.69, 9.17) is 0 Å². The Balaban J connectivity index is 2.66. The van der Waals surface area contributed by atoms with Crippen molar-refractivity contribution in [3.8, 4) is 0 Å². The van der Waals surface area contributed by atoms with Crippen molar-refractivity contribution in [3.63, 3.8) is 0 Å². The molecule has 0 aliphatic rings. The van der Waals surface area contributed by atoms with Gasteiger partial charge in [0, 0.05) is 5.54 Å². The molecule has 0 unspecified atom stereocenters. The molecule has 0 aromatic heterocycles. The van der Waals surface area contributed by atoms with Crippen molar-refractivity contribution in [2.45, 2.75) is 32.7 Å². The first-order chi connectivity index (χ1) is 8.76. The van der Waals surface area contributed by atoms with Gasteiger partial charge in [-0.2, -0.15) is 0 Å². The highest BCUT2D eigenvalue weighted by Crippen LogP contribution is 2.19. The summed E-state index contributed by atoms with van der Waals surface area (Å²) in [5.74, 6) is -4.81. The average Bonchev–Trinajstić information content (AvgIpc) is 2.37. The van der Waals surface area contributed by atoms with Crippen LogP contribution in [0.25, 0.3) is 0 Å². The highest BCUT2D eigenvalue weighted by atomic mass is 19.2. The van der Waals surface area contributed by atoms with Gasteiger partial charge in [0.05, 0.1) is 12.2 Å². The normalized spacial score (nSPS) is 11.5. The molecule has 2 N–H and O–H groups in total. The number of carbonyl (C=O) groups excluding carboxylic acids is 1. The zero-order valence-corrected chi connectivity index (χ0v) is 11.1. The third kappa shape index (κ3) is 4.24. The van der Waals surface area contributed by atoms with Crippen LogP contribution >= 0.6 is 0 Å². The Hall–Kier alpha value is -1.56. The molecule has 0 aliphatic carbocycles. The zero-order chi connectivity index (χ0) is 14.6. The monoisotopic (exact) mass is 274 g/mol. The van der Waals surface area contributed by atoms with Gasteiger partial charge in [-0.3, -0.25) is 4.79 Å². The Morgan fingerprint density at radius 3 is 2.42 bits per heavy atom. The second kappa shape index (κ2) is 6.06. The lowest BCUT2D eigenvalue weighted by Gasteiger charge is -2.24. The number of anilines is 1. The van der Waals surface area contributed by atoms with Crippen LogP contribution in [-0.2, 0) is 4.79 Å². The van der Waals surface area contributed by atoms with Crippen LogP contribution in [0.3, 0.4) is 0 Å². The van der Waals surface area contributed by atoms with Gasteiger partial charge < -0.3 is 10.6 Å². The lowest BCUT2D eigenvalue weighted by Crippen LogP contribution is -2.43. The maximum absolute atomic E-state index is 13.3. The fraction of sp³-hybridized carbons (Fsp3) is 0.462. The maximum atomic E-state index is 13.3. The van der Waals surface area contributed by atoms with Crippen LogP contribution in [0, 0.1) is 17.5 Å². The molecular weight excluding hydrogens is 257 g/mol. The lowest BCUT2D eigenvalue weighted by molar-refractivity contribution is -0.115. The molecular formula is C13H17F3N2O. The SMILES string of the molecule is CCC(C)(C)NCC(=O)Nc1ccc(F)c(F)c1F. The third-order valence-electron chi connectivity index (χ3n) is 2.92. The fourth-order valence-corrected chi connectivity index (χ4v) is 1.26. The molecule has 0 bridgehead atoms. The first-order valence-electron chi connectivity index (χ1n) is 5.95. The Labute approximate surface area is 110 Å². The third-order valence-corrected chi connectivity index (χ3v) is 2.92. The summed E-state index contributed by atoms with van der Waals surface area (Å²) < 4.78 is 39.0. The molecule has 0 spiro atoms. The largest absolute Gasteiger partial charge is 0.322 e. The van der Waals surface area contributed by atoms with Crippen molar-refractivity contribution >= 4 is 11.6 Å². The molecule has 0 atom stereocenters. The van der Waals surface area contributed by atoms with Crippen molar-refractivity contribution in [1.29, 1.82) is 0 Å². The number of benzene rings is 1. The van der Waals surface area contributed by atoms with E-state index in [1.54, 1.807) is 0 Å². The molecule has 3 nitrogen and oxygen atoms in total. The van der Waals surface area contributed by atoms with E-state index in [-0.39, 0.29) is 17.8 Å².